The standard InChI is InChI=1S/C18H34N2/c1-5-19-17(16-11-7-6-8-12-16)18(20(3)4)13-9-10-15(2)14-18/h11,15,17,19H,5-10,12-14H2,1-4H3. The highest BCUT2D eigenvalue weighted by molar-refractivity contribution is 5.22. The van der Waals surface area contributed by atoms with E-state index in [0.717, 1.165) is 12.5 Å². The molecule has 0 aromatic rings. The third-order valence-corrected chi connectivity index (χ3v) is 5.54. The average molecular weight is 278 g/mol. The van der Waals surface area contributed by atoms with Crippen LogP contribution in [0.2, 0.25) is 0 Å². The summed E-state index contributed by atoms with van der Waals surface area (Å²) < 4.78 is 0. The minimum atomic E-state index is 0.330. The van der Waals surface area contributed by atoms with Crippen LogP contribution in [-0.2, 0) is 0 Å². The first-order chi connectivity index (χ1) is 9.60. The number of hydrogen-bond donors (Lipinski definition) is 1. The molecule has 0 heterocycles. The molecule has 116 valence electrons. The third-order valence-electron chi connectivity index (χ3n) is 5.54. The van der Waals surface area contributed by atoms with Crippen molar-refractivity contribution >= 4 is 0 Å². The Kier molecular flexibility index (Phi) is 5.68. The van der Waals surface area contributed by atoms with Gasteiger partial charge < -0.3 is 10.2 Å². The second-order valence-corrected chi connectivity index (χ2v) is 7.22. The van der Waals surface area contributed by atoms with Crippen LogP contribution >= 0.6 is 0 Å². The molecule has 0 aromatic carbocycles. The van der Waals surface area contributed by atoms with Gasteiger partial charge in [0.1, 0.15) is 0 Å². The SMILES string of the molecule is CCNC(C1=CCCCC1)C1(N(C)C)CCCC(C)C1. The van der Waals surface area contributed by atoms with Gasteiger partial charge >= 0.3 is 0 Å². The molecule has 0 spiro atoms. The van der Waals surface area contributed by atoms with Crippen molar-refractivity contribution in [3.8, 4) is 0 Å². The summed E-state index contributed by atoms with van der Waals surface area (Å²) in [5.74, 6) is 0.858. The summed E-state index contributed by atoms with van der Waals surface area (Å²) in [5, 5.41) is 3.85. The smallest absolute Gasteiger partial charge is 0.0466 e. The summed E-state index contributed by atoms with van der Waals surface area (Å²) in [6.07, 6.45) is 13.4. The monoisotopic (exact) mass is 278 g/mol. The fourth-order valence-corrected chi connectivity index (χ4v) is 4.49. The molecule has 0 radical (unpaired) electrons. The van der Waals surface area contributed by atoms with Crippen LogP contribution in [0.25, 0.3) is 0 Å². The Morgan fingerprint density at radius 1 is 1.35 bits per heavy atom. The molecule has 3 atom stereocenters. The lowest BCUT2D eigenvalue weighted by Gasteiger charge is -2.51. The van der Waals surface area contributed by atoms with E-state index in [-0.39, 0.29) is 0 Å². The molecule has 2 aliphatic carbocycles. The zero-order valence-corrected chi connectivity index (χ0v) is 14.0. The molecule has 20 heavy (non-hydrogen) atoms. The van der Waals surface area contributed by atoms with E-state index < -0.39 is 0 Å². The predicted molar refractivity (Wildman–Crippen MR) is 88.1 cm³/mol. The first kappa shape index (κ1) is 16.0. The zero-order chi connectivity index (χ0) is 14.6. The molecule has 2 heteroatoms. The van der Waals surface area contributed by atoms with E-state index in [1.165, 1.54) is 51.4 Å². The van der Waals surface area contributed by atoms with Crippen molar-refractivity contribution in [2.75, 3.05) is 20.6 Å². The topological polar surface area (TPSA) is 15.3 Å². The molecular weight excluding hydrogens is 244 g/mol. The van der Waals surface area contributed by atoms with Crippen molar-refractivity contribution in [3.05, 3.63) is 11.6 Å². The maximum absolute atomic E-state index is 3.85. The van der Waals surface area contributed by atoms with Crippen LogP contribution in [0, 0.1) is 5.92 Å². The van der Waals surface area contributed by atoms with Gasteiger partial charge in [-0.1, -0.05) is 38.3 Å². The molecule has 2 nitrogen and oxygen atoms in total. The summed E-state index contributed by atoms with van der Waals surface area (Å²) in [6, 6.07) is 0.561. The van der Waals surface area contributed by atoms with Gasteiger partial charge in [-0.25, -0.2) is 0 Å². The first-order valence-corrected chi connectivity index (χ1v) is 8.70. The van der Waals surface area contributed by atoms with E-state index in [9.17, 15) is 0 Å². The molecule has 0 aromatic heterocycles. The van der Waals surface area contributed by atoms with Crippen LogP contribution in [0.3, 0.4) is 0 Å². The molecule has 1 fully saturated rings. The van der Waals surface area contributed by atoms with Crippen LogP contribution in [0.1, 0.15) is 65.2 Å². The number of nitrogens with one attached hydrogen (secondary N) is 1. The molecule has 0 saturated heterocycles. The molecule has 0 amide bonds. The number of nitrogens with zero attached hydrogens (tertiary/aromatic N) is 1. The van der Waals surface area contributed by atoms with Gasteiger partial charge in [0.2, 0.25) is 0 Å². The second kappa shape index (κ2) is 7.09. The third kappa shape index (κ3) is 3.28. The summed E-state index contributed by atoms with van der Waals surface area (Å²) in [4.78, 5) is 2.53. The summed E-state index contributed by atoms with van der Waals surface area (Å²) in [5.41, 5.74) is 2.03. The zero-order valence-electron chi connectivity index (χ0n) is 14.0. The van der Waals surface area contributed by atoms with Crippen LogP contribution in [0.15, 0.2) is 11.6 Å². The minimum Gasteiger partial charge on any atom is -0.309 e. The fraction of sp³-hybridized carbons (Fsp3) is 0.889. The number of likely N-dealkylation sites (N-methyl/N-ethyl adjacent to an activating group) is 2. The summed E-state index contributed by atoms with van der Waals surface area (Å²) >= 11 is 0. The molecule has 3 unspecified atom stereocenters. The molecule has 2 aliphatic rings. The van der Waals surface area contributed by atoms with E-state index in [1.807, 2.05) is 0 Å². The van der Waals surface area contributed by atoms with Crippen molar-refractivity contribution in [1.29, 1.82) is 0 Å². The van der Waals surface area contributed by atoms with Gasteiger partial charge in [0.05, 0.1) is 0 Å². The Morgan fingerprint density at radius 3 is 2.70 bits per heavy atom. The Hall–Kier alpha value is -0.340. The number of rotatable bonds is 5. The van der Waals surface area contributed by atoms with Gasteiger partial charge in [-0.3, -0.25) is 0 Å². The highest BCUT2D eigenvalue weighted by atomic mass is 15.2. The Balaban J connectivity index is 2.29. The highest BCUT2D eigenvalue weighted by Gasteiger charge is 2.44. The molecule has 1 saturated carbocycles. The maximum atomic E-state index is 3.85. The highest BCUT2D eigenvalue weighted by Crippen LogP contribution is 2.41. The van der Waals surface area contributed by atoms with Gasteiger partial charge in [0.25, 0.3) is 0 Å². The van der Waals surface area contributed by atoms with Gasteiger partial charge in [-0.05, 0) is 65.1 Å². The lowest BCUT2D eigenvalue weighted by molar-refractivity contribution is 0.0479. The predicted octanol–water partition coefficient (Wildman–Crippen LogP) is 3.98. The summed E-state index contributed by atoms with van der Waals surface area (Å²) in [7, 11) is 4.59. The maximum Gasteiger partial charge on any atom is 0.0466 e. The average Bonchev–Trinajstić information content (AvgIpc) is 2.45. The van der Waals surface area contributed by atoms with Crippen LogP contribution in [-0.4, -0.2) is 37.1 Å². The van der Waals surface area contributed by atoms with Crippen molar-refractivity contribution in [2.24, 2.45) is 5.92 Å². The molecule has 2 rings (SSSR count). The largest absolute Gasteiger partial charge is 0.309 e. The van der Waals surface area contributed by atoms with E-state index >= 15 is 0 Å². The summed E-state index contributed by atoms with van der Waals surface area (Å²) in [6.45, 7) is 5.77. The Bertz CT molecular complexity index is 334. The van der Waals surface area contributed by atoms with E-state index in [2.05, 4.69) is 44.2 Å². The van der Waals surface area contributed by atoms with Crippen LogP contribution in [0.4, 0.5) is 0 Å². The second-order valence-electron chi connectivity index (χ2n) is 7.22. The van der Waals surface area contributed by atoms with E-state index in [4.69, 9.17) is 0 Å². The van der Waals surface area contributed by atoms with Crippen LogP contribution in [0.5, 0.6) is 0 Å². The molecule has 1 N–H and O–H groups in total. The van der Waals surface area contributed by atoms with Crippen LogP contribution < -0.4 is 5.32 Å². The molecule has 0 bridgehead atoms. The quantitative estimate of drug-likeness (QED) is 0.765. The van der Waals surface area contributed by atoms with Gasteiger partial charge in [-0.15, -0.1) is 0 Å². The number of allylic oxidation sites excluding steroid dienone is 1. The Morgan fingerprint density at radius 2 is 2.15 bits per heavy atom. The van der Waals surface area contributed by atoms with Crippen molar-refractivity contribution < 1.29 is 0 Å². The van der Waals surface area contributed by atoms with Crippen molar-refractivity contribution in [1.82, 2.24) is 10.2 Å². The van der Waals surface area contributed by atoms with Crippen molar-refractivity contribution in [2.45, 2.75) is 76.8 Å². The lowest BCUT2D eigenvalue weighted by atomic mass is 9.68. The number of hydrogen-bond acceptors (Lipinski definition) is 2. The molecular formula is C18H34N2. The minimum absolute atomic E-state index is 0.330. The fourth-order valence-electron chi connectivity index (χ4n) is 4.49. The van der Waals surface area contributed by atoms with Crippen molar-refractivity contribution in [3.63, 3.8) is 0 Å². The van der Waals surface area contributed by atoms with E-state index in [1.54, 1.807) is 5.57 Å². The van der Waals surface area contributed by atoms with E-state index in [0.29, 0.717) is 11.6 Å². The molecule has 0 aliphatic heterocycles. The normalized spacial score (nSPS) is 33.0. The van der Waals surface area contributed by atoms with Gasteiger partial charge in [-0.2, -0.15) is 0 Å². The van der Waals surface area contributed by atoms with Gasteiger partial charge in [0.15, 0.2) is 0 Å². The van der Waals surface area contributed by atoms with Gasteiger partial charge in [0, 0.05) is 11.6 Å². The first-order valence-electron chi connectivity index (χ1n) is 8.70. The lowest BCUT2D eigenvalue weighted by Crippen LogP contribution is -2.61. The Labute approximate surface area is 126 Å².